The van der Waals surface area contributed by atoms with Crippen molar-refractivity contribution in [1.29, 1.82) is 0 Å². The molecule has 0 bridgehead atoms. The summed E-state index contributed by atoms with van der Waals surface area (Å²) in [7, 11) is 1.97. The number of rotatable bonds is 3. The monoisotopic (exact) mass is 256 g/mol. The lowest BCUT2D eigenvalue weighted by atomic mass is 10.1. The molecule has 1 aliphatic carbocycles. The third-order valence-corrected chi connectivity index (χ3v) is 3.81. The molecule has 3 rings (SSSR count). The summed E-state index contributed by atoms with van der Waals surface area (Å²) in [6, 6.07) is 6.62. The lowest BCUT2D eigenvalue weighted by molar-refractivity contribution is 0.746. The number of aromatic nitrogens is 2. The number of nitrogens with two attached hydrogens (primary N) is 1. The van der Waals surface area contributed by atoms with Crippen LogP contribution in [0.1, 0.15) is 36.2 Å². The summed E-state index contributed by atoms with van der Waals surface area (Å²) in [5.41, 5.74) is 11.7. The first-order valence-electron chi connectivity index (χ1n) is 6.84. The number of hydrogen-bond donors (Lipinski definition) is 2. The molecule has 0 spiro atoms. The van der Waals surface area contributed by atoms with Crippen LogP contribution in [0.25, 0.3) is 0 Å². The van der Waals surface area contributed by atoms with Gasteiger partial charge in [0, 0.05) is 18.9 Å². The molecule has 1 unspecified atom stereocenters. The van der Waals surface area contributed by atoms with Gasteiger partial charge in [-0.3, -0.25) is 4.68 Å². The summed E-state index contributed by atoms with van der Waals surface area (Å²) in [5, 5.41) is 8.11. The van der Waals surface area contributed by atoms with Crippen LogP contribution in [-0.2, 0) is 19.9 Å². The molecule has 1 aromatic heterocycles. The SMILES string of the molecule is CCc1nn(C)cc1NC1CCc2cc(N)ccc21. The third kappa shape index (κ3) is 2.18. The second kappa shape index (κ2) is 4.61. The summed E-state index contributed by atoms with van der Waals surface area (Å²) in [6.07, 6.45) is 5.23. The van der Waals surface area contributed by atoms with Crippen LogP contribution in [0.15, 0.2) is 24.4 Å². The number of benzene rings is 1. The molecule has 0 fully saturated rings. The zero-order valence-corrected chi connectivity index (χ0v) is 11.5. The van der Waals surface area contributed by atoms with E-state index in [9.17, 15) is 0 Å². The van der Waals surface area contributed by atoms with Gasteiger partial charge in [-0.2, -0.15) is 5.10 Å². The topological polar surface area (TPSA) is 55.9 Å². The maximum atomic E-state index is 5.84. The maximum absolute atomic E-state index is 5.84. The van der Waals surface area contributed by atoms with Gasteiger partial charge in [0.15, 0.2) is 0 Å². The minimum Gasteiger partial charge on any atom is -0.399 e. The molecular weight excluding hydrogens is 236 g/mol. The first-order chi connectivity index (χ1) is 9.17. The fourth-order valence-corrected chi connectivity index (χ4v) is 2.89. The number of fused-ring (bicyclic) bond motifs is 1. The molecule has 3 N–H and O–H groups in total. The highest BCUT2D eigenvalue weighted by Gasteiger charge is 2.23. The van der Waals surface area contributed by atoms with Crippen molar-refractivity contribution < 1.29 is 0 Å². The minimum absolute atomic E-state index is 0.380. The molecule has 1 aromatic carbocycles. The van der Waals surface area contributed by atoms with Crippen LogP contribution in [0.4, 0.5) is 11.4 Å². The van der Waals surface area contributed by atoms with Gasteiger partial charge in [0.1, 0.15) is 0 Å². The molecule has 0 amide bonds. The van der Waals surface area contributed by atoms with Gasteiger partial charge in [-0.1, -0.05) is 13.0 Å². The molecule has 0 saturated heterocycles. The highest BCUT2D eigenvalue weighted by atomic mass is 15.3. The Bertz CT molecular complexity index is 600. The summed E-state index contributed by atoms with van der Waals surface area (Å²) in [4.78, 5) is 0. The molecular formula is C15H20N4. The average molecular weight is 256 g/mol. The second-order valence-electron chi connectivity index (χ2n) is 5.21. The van der Waals surface area contributed by atoms with Gasteiger partial charge in [0.25, 0.3) is 0 Å². The molecule has 0 saturated carbocycles. The molecule has 4 nitrogen and oxygen atoms in total. The Kier molecular flexibility index (Phi) is 2.93. The molecule has 1 heterocycles. The summed E-state index contributed by atoms with van der Waals surface area (Å²) >= 11 is 0. The van der Waals surface area contributed by atoms with E-state index in [0.29, 0.717) is 6.04 Å². The van der Waals surface area contributed by atoms with Crippen molar-refractivity contribution in [3.63, 3.8) is 0 Å². The van der Waals surface area contributed by atoms with Crippen LogP contribution in [0.2, 0.25) is 0 Å². The lowest BCUT2D eigenvalue weighted by Crippen LogP contribution is -2.08. The van der Waals surface area contributed by atoms with E-state index >= 15 is 0 Å². The van der Waals surface area contributed by atoms with Crippen LogP contribution in [-0.4, -0.2) is 9.78 Å². The van der Waals surface area contributed by atoms with Crippen molar-refractivity contribution in [2.24, 2.45) is 7.05 Å². The first-order valence-corrected chi connectivity index (χ1v) is 6.84. The molecule has 0 radical (unpaired) electrons. The third-order valence-electron chi connectivity index (χ3n) is 3.81. The fraction of sp³-hybridized carbons (Fsp3) is 0.400. The maximum Gasteiger partial charge on any atom is 0.0853 e. The van der Waals surface area contributed by atoms with Gasteiger partial charge >= 0.3 is 0 Å². The van der Waals surface area contributed by atoms with Gasteiger partial charge in [-0.05, 0) is 42.5 Å². The van der Waals surface area contributed by atoms with E-state index < -0.39 is 0 Å². The highest BCUT2D eigenvalue weighted by Crippen LogP contribution is 2.35. The minimum atomic E-state index is 0.380. The van der Waals surface area contributed by atoms with Crippen LogP contribution in [0.5, 0.6) is 0 Å². The smallest absolute Gasteiger partial charge is 0.0853 e. The molecule has 0 aliphatic heterocycles. The predicted molar refractivity (Wildman–Crippen MR) is 78.1 cm³/mol. The van der Waals surface area contributed by atoms with Crippen molar-refractivity contribution in [3.05, 3.63) is 41.2 Å². The Hall–Kier alpha value is -1.97. The van der Waals surface area contributed by atoms with Gasteiger partial charge < -0.3 is 11.1 Å². The number of nitrogen functional groups attached to an aromatic ring is 1. The van der Waals surface area contributed by atoms with Crippen LogP contribution in [0.3, 0.4) is 0 Å². The Morgan fingerprint density at radius 2 is 2.32 bits per heavy atom. The normalized spacial score (nSPS) is 17.5. The summed E-state index contributed by atoms with van der Waals surface area (Å²) in [5.74, 6) is 0. The predicted octanol–water partition coefficient (Wildman–Crippen LogP) is 2.66. The number of aryl methyl sites for hydroxylation is 3. The van der Waals surface area contributed by atoms with E-state index in [1.807, 2.05) is 17.8 Å². The number of nitrogens with one attached hydrogen (secondary N) is 1. The Morgan fingerprint density at radius 1 is 1.47 bits per heavy atom. The van der Waals surface area contributed by atoms with Crippen LogP contribution < -0.4 is 11.1 Å². The van der Waals surface area contributed by atoms with Gasteiger partial charge in [0.2, 0.25) is 0 Å². The van der Waals surface area contributed by atoms with Crippen molar-refractivity contribution in [1.82, 2.24) is 9.78 Å². The fourth-order valence-electron chi connectivity index (χ4n) is 2.89. The van der Waals surface area contributed by atoms with E-state index in [4.69, 9.17) is 5.73 Å². The zero-order valence-electron chi connectivity index (χ0n) is 11.5. The van der Waals surface area contributed by atoms with E-state index in [1.54, 1.807) is 0 Å². The Morgan fingerprint density at radius 3 is 3.11 bits per heavy atom. The van der Waals surface area contributed by atoms with E-state index in [-0.39, 0.29) is 0 Å². The second-order valence-corrected chi connectivity index (χ2v) is 5.21. The molecule has 1 atom stereocenters. The van der Waals surface area contributed by atoms with Gasteiger partial charge in [0.05, 0.1) is 17.4 Å². The number of anilines is 2. The zero-order chi connectivity index (χ0) is 13.4. The molecule has 100 valence electrons. The van der Waals surface area contributed by atoms with Crippen molar-refractivity contribution in [2.45, 2.75) is 32.2 Å². The van der Waals surface area contributed by atoms with Crippen LogP contribution >= 0.6 is 0 Å². The Labute approximate surface area is 113 Å². The standard InChI is InChI=1S/C15H20N4/c1-3-13-15(9-19(2)18-13)17-14-7-4-10-8-11(16)5-6-12(10)14/h5-6,8-9,14,17H,3-4,7,16H2,1-2H3. The van der Waals surface area contributed by atoms with Crippen molar-refractivity contribution in [2.75, 3.05) is 11.1 Å². The van der Waals surface area contributed by atoms with Gasteiger partial charge in [-0.25, -0.2) is 0 Å². The molecule has 1 aliphatic rings. The quantitative estimate of drug-likeness (QED) is 0.830. The molecule has 4 heteroatoms. The summed E-state index contributed by atoms with van der Waals surface area (Å²) < 4.78 is 1.88. The average Bonchev–Trinajstić information content (AvgIpc) is 2.93. The van der Waals surface area contributed by atoms with Gasteiger partial charge in [-0.15, -0.1) is 0 Å². The largest absolute Gasteiger partial charge is 0.399 e. The number of hydrogen-bond acceptors (Lipinski definition) is 3. The van der Waals surface area contributed by atoms with E-state index in [0.717, 1.165) is 36.3 Å². The lowest BCUT2D eigenvalue weighted by Gasteiger charge is -2.15. The highest BCUT2D eigenvalue weighted by molar-refractivity contribution is 5.53. The summed E-state index contributed by atoms with van der Waals surface area (Å²) in [6.45, 7) is 2.14. The molecule has 19 heavy (non-hydrogen) atoms. The van der Waals surface area contributed by atoms with E-state index in [1.165, 1.54) is 11.1 Å². The van der Waals surface area contributed by atoms with Crippen molar-refractivity contribution >= 4 is 11.4 Å². The molecule has 2 aromatic rings. The Balaban J connectivity index is 1.86. The van der Waals surface area contributed by atoms with E-state index in [2.05, 4.69) is 35.7 Å². The number of nitrogens with zero attached hydrogens (tertiary/aromatic N) is 2. The van der Waals surface area contributed by atoms with Crippen LogP contribution in [0, 0.1) is 0 Å². The first kappa shape index (κ1) is 12.1. The van der Waals surface area contributed by atoms with Crippen molar-refractivity contribution in [3.8, 4) is 0 Å².